The highest BCUT2D eigenvalue weighted by Gasteiger charge is 2.13. The van der Waals surface area contributed by atoms with Gasteiger partial charge in [0.15, 0.2) is 11.0 Å². The third-order valence-corrected chi connectivity index (χ3v) is 5.49. The lowest BCUT2D eigenvalue weighted by atomic mass is 10.1. The lowest BCUT2D eigenvalue weighted by Crippen LogP contribution is -2.15. The van der Waals surface area contributed by atoms with Gasteiger partial charge in [-0.3, -0.25) is 4.79 Å². The fourth-order valence-corrected chi connectivity index (χ4v) is 3.45. The van der Waals surface area contributed by atoms with Crippen LogP contribution in [0.3, 0.4) is 0 Å². The number of aromatic nitrogens is 3. The van der Waals surface area contributed by atoms with E-state index in [2.05, 4.69) is 31.4 Å². The molecule has 0 bridgehead atoms. The first kappa shape index (κ1) is 18.7. The van der Waals surface area contributed by atoms with Crippen LogP contribution in [0, 0.1) is 13.8 Å². The first-order valence-electron chi connectivity index (χ1n) is 8.09. The monoisotopic (exact) mass is 430 g/mol. The molecular formula is C19H19BrN4OS. The van der Waals surface area contributed by atoms with Crippen LogP contribution in [-0.2, 0) is 11.8 Å². The molecule has 134 valence electrons. The number of nitrogens with one attached hydrogen (secondary N) is 1. The standard InChI is InChI=1S/C19H19BrN4OS/c1-12-4-5-13(2)16(10-12)21-17(25)11-26-19-23-22-18(24(19)3)14-6-8-15(20)9-7-14/h4-10H,11H2,1-3H3,(H,21,25). The molecule has 7 heteroatoms. The summed E-state index contributed by atoms with van der Waals surface area (Å²) in [6, 6.07) is 13.9. The van der Waals surface area contributed by atoms with Crippen LogP contribution in [0.5, 0.6) is 0 Å². The van der Waals surface area contributed by atoms with E-state index in [1.165, 1.54) is 11.8 Å². The van der Waals surface area contributed by atoms with Crippen LogP contribution < -0.4 is 5.32 Å². The van der Waals surface area contributed by atoms with Gasteiger partial charge in [0.05, 0.1) is 5.75 Å². The lowest BCUT2D eigenvalue weighted by Gasteiger charge is -2.09. The van der Waals surface area contributed by atoms with Gasteiger partial charge in [0, 0.05) is 22.8 Å². The number of carbonyl (C=O) groups excluding carboxylic acids is 1. The van der Waals surface area contributed by atoms with E-state index in [1.54, 1.807) is 0 Å². The van der Waals surface area contributed by atoms with Crippen molar-refractivity contribution in [3.05, 3.63) is 58.1 Å². The van der Waals surface area contributed by atoms with Crippen LogP contribution in [0.25, 0.3) is 11.4 Å². The van der Waals surface area contributed by atoms with Crippen molar-refractivity contribution in [2.45, 2.75) is 19.0 Å². The van der Waals surface area contributed by atoms with Crippen LogP contribution in [0.2, 0.25) is 0 Å². The minimum atomic E-state index is -0.0584. The van der Waals surface area contributed by atoms with E-state index in [4.69, 9.17) is 0 Å². The Morgan fingerprint density at radius 2 is 1.88 bits per heavy atom. The molecule has 1 N–H and O–H groups in total. The molecule has 0 saturated heterocycles. The molecule has 0 atom stereocenters. The minimum Gasteiger partial charge on any atom is -0.325 e. The molecule has 1 aromatic heterocycles. The maximum absolute atomic E-state index is 12.3. The van der Waals surface area contributed by atoms with Crippen molar-refractivity contribution in [2.24, 2.45) is 7.05 Å². The molecule has 3 rings (SSSR count). The SMILES string of the molecule is Cc1ccc(C)c(NC(=O)CSc2nnc(-c3ccc(Br)cc3)n2C)c1. The third kappa shape index (κ3) is 4.34. The number of aryl methyl sites for hydroxylation is 2. The second kappa shape index (κ2) is 8.05. The summed E-state index contributed by atoms with van der Waals surface area (Å²) in [5.74, 6) is 0.992. The summed E-state index contributed by atoms with van der Waals surface area (Å²) in [5, 5.41) is 12.1. The number of anilines is 1. The quantitative estimate of drug-likeness (QED) is 0.601. The topological polar surface area (TPSA) is 59.8 Å². The number of hydrogen-bond donors (Lipinski definition) is 1. The summed E-state index contributed by atoms with van der Waals surface area (Å²) >= 11 is 4.80. The molecule has 0 aliphatic carbocycles. The number of hydrogen-bond acceptors (Lipinski definition) is 4. The number of thioether (sulfide) groups is 1. The molecule has 1 heterocycles. The number of nitrogens with zero attached hydrogens (tertiary/aromatic N) is 3. The summed E-state index contributed by atoms with van der Waals surface area (Å²) in [5.41, 5.74) is 4.00. The van der Waals surface area contributed by atoms with Crippen molar-refractivity contribution in [1.82, 2.24) is 14.8 Å². The number of rotatable bonds is 5. The Morgan fingerprint density at radius 1 is 1.15 bits per heavy atom. The molecular weight excluding hydrogens is 412 g/mol. The zero-order chi connectivity index (χ0) is 18.7. The second-order valence-corrected chi connectivity index (χ2v) is 7.89. The van der Waals surface area contributed by atoms with E-state index in [9.17, 15) is 4.79 Å². The molecule has 0 unspecified atom stereocenters. The average Bonchev–Trinajstić information content (AvgIpc) is 2.98. The van der Waals surface area contributed by atoms with Crippen LogP contribution >= 0.6 is 27.7 Å². The summed E-state index contributed by atoms with van der Waals surface area (Å²) in [4.78, 5) is 12.3. The Bertz CT molecular complexity index is 937. The molecule has 0 spiro atoms. The number of halogens is 1. The molecule has 1 amide bonds. The number of benzene rings is 2. The summed E-state index contributed by atoms with van der Waals surface area (Å²) in [6.07, 6.45) is 0. The van der Waals surface area contributed by atoms with Gasteiger partial charge in [-0.15, -0.1) is 10.2 Å². The Balaban J connectivity index is 1.65. The molecule has 3 aromatic rings. The van der Waals surface area contributed by atoms with Crippen molar-refractivity contribution in [2.75, 3.05) is 11.1 Å². The van der Waals surface area contributed by atoms with Gasteiger partial charge in [-0.2, -0.15) is 0 Å². The van der Waals surface area contributed by atoms with Crippen molar-refractivity contribution >= 4 is 39.3 Å². The third-order valence-electron chi connectivity index (χ3n) is 3.94. The minimum absolute atomic E-state index is 0.0584. The maximum Gasteiger partial charge on any atom is 0.234 e. The predicted molar refractivity (Wildman–Crippen MR) is 109 cm³/mol. The highest BCUT2D eigenvalue weighted by atomic mass is 79.9. The zero-order valence-electron chi connectivity index (χ0n) is 14.8. The smallest absolute Gasteiger partial charge is 0.234 e. The second-order valence-electron chi connectivity index (χ2n) is 6.03. The van der Waals surface area contributed by atoms with Crippen molar-refractivity contribution in [3.8, 4) is 11.4 Å². The molecule has 0 aliphatic rings. The summed E-state index contributed by atoms with van der Waals surface area (Å²) in [6.45, 7) is 3.99. The Hall–Kier alpha value is -2.12. The fraction of sp³-hybridized carbons (Fsp3) is 0.211. The van der Waals surface area contributed by atoms with Gasteiger partial charge in [-0.1, -0.05) is 52.0 Å². The van der Waals surface area contributed by atoms with Crippen LogP contribution in [-0.4, -0.2) is 26.4 Å². The van der Waals surface area contributed by atoms with Crippen molar-refractivity contribution in [1.29, 1.82) is 0 Å². The number of carbonyl (C=O) groups is 1. The van der Waals surface area contributed by atoms with E-state index < -0.39 is 0 Å². The van der Waals surface area contributed by atoms with E-state index >= 15 is 0 Å². The first-order chi connectivity index (χ1) is 12.4. The molecule has 5 nitrogen and oxygen atoms in total. The first-order valence-corrected chi connectivity index (χ1v) is 9.87. The highest BCUT2D eigenvalue weighted by molar-refractivity contribution is 9.10. The Morgan fingerprint density at radius 3 is 2.62 bits per heavy atom. The Labute approximate surface area is 165 Å². The van der Waals surface area contributed by atoms with Crippen molar-refractivity contribution < 1.29 is 4.79 Å². The van der Waals surface area contributed by atoms with Crippen LogP contribution in [0.15, 0.2) is 52.1 Å². The molecule has 26 heavy (non-hydrogen) atoms. The van der Waals surface area contributed by atoms with Gasteiger partial charge in [-0.25, -0.2) is 0 Å². The average molecular weight is 431 g/mol. The molecule has 0 radical (unpaired) electrons. The molecule has 0 aliphatic heterocycles. The largest absolute Gasteiger partial charge is 0.325 e. The van der Waals surface area contributed by atoms with Crippen molar-refractivity contribution in [3.63, 3.8) is 0 Å². The highest BCUT2D eigenvalue weighted by Crippen LogP contribution is 2.24. The van der Waals surface area contributed by atoms with E-state index in [-0.39, 0.29) is 11.7 Å². The van der Waals surface area contributed by atoms with E-state index in [1.807, 2.05) is 67.9 Å². The predicted octanol–water partition coefficient (Wildman–Crippen LogP) is 4.59. The van der Waals surface area contributed by atoms with Crippen LogP contribution in [0.4, 0.5) is 5.69 Å². The lowest BCUT2D eigenvalue weighted by molar-refractivity contribution is -0.113. The zero-order valence-corrected chi connectivity index (χ0v) is 17.2. The molecule has 0 fully saturated rings. The van der Waals surface area contributed by atoms with Crippen LogP contribution in [0.1, 0.15) is 11.1 Å². The van der Waals surface area contributed by atoms with Gasteiger partial charge < -0.3 is 9.88 Å². The number of amides is 1. The van der Waals surface area contributed by atoms with Gasteiger partial charge >= 0.3 is 0 Å². The van der Waals surface area contributed by atoms with Gasteiger partial charge in [0.2, 0.25) is 5.91 Å². The van der Waals surface area contributed by atoms with E-state index in [0.29, 0.717) is 5.16 Å². The summed E-state index contributed by atoms with van der Waals surface area (Å²) in [7, 11) is 1.91. The van der Waals surface area contributed by atoms with E-state index in [0.717, 1.165) is 32.7 Å². The molecule has 2 aromatic carbocycles. The van der Waals surface area contributed by atoms with Gasteiger partial charge in [-0.05, 0) is 43.2 Å². The maximum atomic E-state index is 12.3. The normalized spacial score (nSPS) is 10.8. The van der Waals surface area contributed by atoms with Gasteiger partial charge in [0.25, 0.3) is 0 Å². The summed E-state index contributed by atoms with van der Waals surface area (Å²) < 4.78 is 2.92. The molecule has 0 saturated carbocycles. The Kier molecular flexibility index (Phi) is 5.78. The fourth-order valence-electron chi connectivity index (χ4n) is 2.48. The van der Waals surface area contributed by atoms with Gasteiger partial charge in [0.1, 0.15) is 0 Å².